The van der Waals surface area contributed by atoms with Gasteiger partial charge >= 0.3 is 6.18 Å². The molecule has 1 rings (SSSR count). The molecule has 1 heterocycles. The molecule has 1 unspecified atom stereocenters. The van der Waals surface area contributed by atoms with Gasteiger partial charge < -0.3 is 0 Å². The van der Waals surface area contributed by atoms with Crippen LogP contribution in [0.3, 0.4) is 0 Å². The molecule has 0 amide bonds. The third-order valence-electron chi connectivity index (χ3n) is 1.49. The van der Waals surface area contributed by atoms with E-state index in [9.17, 15) is 17.4 Å². The van der Waals surface area contributed by atoms with Crippen molar-refractivity contribution in [3.05, 3.63) is 10.8 Å². The third kappa shape index (κ3) is 1.93. The highest BCUT2D eigenvalue weighted by Crippen LogP contribution is 2.35. The van der Waals surface area contributed by atoms with Gasteiger partial charge in [-0.25, -0.2) is 0 Å². The lowest BCUT2D eigenvalue weighted by Crippen LogP contribution is -2.09. The van der Waals surface area contributed by atoms with Crippen LogP contribution in [0, 0.1) is 0 Å². The number of halogens is 4. The molecule has 1 aromatic heterocycles. The van der Waals surface area contributed by atoms with Crippen molar-refractivity contribution in [2.45, 2.75) is 11.1 Å². The molecule has 0 aliphatic carbocycles. The van der Waals surface area contributed by atoms with Crippen LogP contribution in [0.1, 0.15) is 5.69 Å². The molecule has 0 N–H and O–H groups in total. The summed E-state index contributed by atoms with van der Waals surface area (Å²) in [5.41, 5.74) is -1.19. The number of aromatic nitrogens is 2. The zero-order valence-corrected chi connectivity index (χ0v) is 8.80. The van der Waals surface area contributed by atoms with Crippen LogP contribution in [-0.4, -0.2) is 20.2 Å². The first kappa shape index (κ1) is 11.5. The van der Waals surface area contributed by atoms with Gasteiger partial charge in [0.2, 0.25) is 0 Å². The van der Waals surface area contributed by atoms with E-state index in [4.69, 9.17) is 11.6 Å². The Morgan fingerprint density at radius 2 is 2.00 bits per heavy atom. The summed E-state index contributed by atoms with van der Waals surface area (Å²) in [7, 11) is -0.555. The summed E-state index contributed by atoms with van der Waals surface area (Å²) in [5, 5.41) is 2.92. The molecule has 0 radical (unpaired) electrons. The Morgan fingerprint density at radius 1 is 1.50 bits per heavy atom. The SMILES string of the molecule is Cn1nc(C(F)(F)F)c(S(C)=O)c1Cl. The summed E-state index contributed by atoms with van der Waals surface area (Å²) in [6, 6.07) is 0. The lowest BCUT2D eigenvalue weighted by atomic mass is 10.4. The van der Waals surface area contributed by atoms with E-state index in [2.05, 4.69) is 5.10 Å². The van der Waals surface area contributed by atoms with Gasteiger partial charge in [-0.3, -0.25) is 8.89 Å². The molecule has 0 fully saturated rings. The lowest BCUT2D eigenvalue weighted by molar-refractivity contribution is -0.143. The summed E-state index contributed by atoms with van der Waals surface area (Å²) in [5.74, 6) is 0. The first-order valence-corrected chi connectivity index (χ1v) is 5.32. The van der Waals surface area contributed by atoms with Gasteiger partial charge in [0.1, 0.15) is 10.0 Å². The lowest BCUT2D eigenvalue weighted by Gasteiger charge is -2.03. The Morgan fingerprint density at radius 3 is 2.29 bits per heavy atom. The number of hydrogen-bond acceptors (Lipinski definition) is 2. The molecule has 1 aromatic rings. The molecule has 3 nitrogen and oxygen atoms in total. The second-order valence-electron chi connectivity index (χ2n) is 2.54. The van der Waals surface area contributed by atoms with E-state index in [-0.39, 0.29) is 5.15 Å². The minimum absolute atomic E-state index is 0.252. The van der Waals surface area contributed by atoms with Crippen molar-refractivity contribution in [1.82, 2.24) is 9.78 Å². The van der Waals surface area contributed by atoms with Crippen LogP contribution in [-0.2, 0) is 24.0 Å². The second kappa shape index (κ2) is 3.54. The highest BCUT2D eigenvalue weighted by molar-refractivity contribution is 7.84. The van der Waals surface area contributed by atoms with Crippen molar-refractivity contribution in [1.29, 1.82) is 0 Å². The summed E-state index contributed by atoms with van der Waals surface area (Å²) >= 11 is 5.52. The van der Waals surface area contributed by atoms with E-state index >= 15 is 0 Å². The fourth-order valence-corrected chi connectivity index (χ4v) is 2.18. The summed E-state index contributed by atoms with van der Waals surface area (Å²) in [6.45, 7) is 0. The molecule has 0 aromatic carbocycles. The Balaban J connectivity index is 3.45. The molecule has 0 bridgehead atoms. The van der Waals surface area contributed by atoms with Gasteiger partial charge in [-0.15, -0.1) is 0 Å². The van der Waals surface area contributed by atoms with Crippen LogP contribution in [0.5, 0.6) is 0 Å². The van der Waals surface area contributed by atoms with Gasteiger partial charge in [-0.2, -0.15) is 18.3 Å². The van der Waals surface area contributed by atoms with Crippen molar-refractivity contribution < 1.29 is 17.4 Å². The first-order chi connectivity index (χ1) is 6.25. The van der Waals surface area contributed by atoms with Gasteiger partial charge in [0, 0.05) is 13.3 Å². The molecule has 0 spiro atoms. The average Bonchev–Trinajstić information content (AvgIpc) is 2.27. The van der Waals surface area contributed by atoms with E-state index in [1.165, 1.54) is 7.05 Å². The third-order valence-corrected chi connectivity index (χ3v) is 3.00. The van der Waals surface area contributed by atoms with Gasteiger partial charge in [-0.1, -0.05) is 11.6 Å². The largest absolute Gasteiger partial charge is 0.436 e. The van der Waals surface area contributed by atoms with Crippen molar-refractivity contribution in [2.24, 2.45) is 7.05 Å². The van der Waals surface area contributed by atoms with Crippen LogP contribution in [0.2, 0.25) is 5.15 Å². The van der Waals surface area contributed by atoms with Crippen molar-refractivity contribution >= 4 is 22.4 Å². The summed E-state index contributed by atoms with van der Waals surface area (Å²) in [4.78, 5) is -0.471. The monoisotopic (exact) mass is 246 g/mol. The van der Waals surface area contributed by atoms with Crippen LogP contribution in [0.15, 0.2) is 4.90 Å². The smallest absolute Gasteiger partial charge is 0.255 e. The van der Waals surface area contributed by atoms with Crippen LogP contribution in [0.4, 0.5) is 13.2 Å². The number of hydrogen-bond donors (Lipinski definition) is 0. The molecule has 0 saturated heterocycles. The Kier molecular flexibility index (Phi) is 2.91. The Bertz CT molecular complexity index is 387. The van der Waals surface area contributed by atoms with Crippen LogP contribution >= 0.6 is 11.6 Å². The maximum atomic E-state index is 12.3. The minimum Gasteiger partial charge on any atom is -0.255 e. The molecule has 0 aliphatic rings. The standard InChI is InChI=1S/C6H6ClF3N2OS/c1-12-5(7)3(14(2)13)4(11-12)6(8,9)10/h1-2H3. The predicted molar refractivity (Wildman–Crippen MR) is 45.6 cm³/mol. The number of nitrogens with zero attached hydrogens (tertiary/aromatic N) is 2. The molecule has 80 valence electrons. The summed E-state index contributed by atoms with van der Waals surface area (Å²) in [6.07, 6.45) is -3.51. The predicted octanol–water partition coefficient (Wildman–Crippen LogP) is 1.83. The zero-order chi connectivity index (χ0) is 11.1. The van der Waals surface area contributed by atoms with Crippen molar-refractivity contribution in [3.63, 3.8) is 0 Å². The maximum absolute atomic E-state index is 12.3. The van der Waals surface area contributed by atoms with Crippen LogP contribution in [0.25, 0.3) is 0 Å². The number of aryl methyl sites for hydroxylation is 1. The minimum atomic E-state index is -4.63. The zero-order valence-electron chi connectivity index (χ0n) is 7.22. The normalized spacial score (nSPS) is 14.4. The second-order valence-corrected chi connectivity index (χ2v) is 4.22. The topological polar surface area (TPSA) is 34.9 Å². The highest BCUT2D eigenvalue weighted by atomic mass is 35.5. The molecular formula is C6H6ClF3N2OS. The van der Waals surface area contributed by atoms with E-state index < -0.39 is 27.6 Å². The summed E-state index contributed by atoms with van der Waals surface area (Å²) < 4.78 is 48.9. The van der Waals surface area contributed by atoms with E-state index in [1.807, 2.05) is 0 Å². The molecule has 0 saturated carbocycles. The van der Waals surface area contributed by atoms with Crippen molar-refractivity contribution in [2.75, 3.05) is 6.26 Å². The Hall–Kier alpha value is -0.560. The van der Waals surface area contributed by atoms with Gasteiger partial charge in [0.05, 0.1) is 10.8 Å². The van der Waals surface area contributed by atoms with E-state index in [0.717, 1.165) is 10.9 Å². The highest BCUT2D eigenvalue weighted by Gasteiger charge is 2.39. The molecule has 8 heteroatoms. The number of rotatable bonds is 1. The van der Waals surface area contributed by atoms with E-state index in [0.29, 0.717) is 0 Å². The Labute approximate surface area is 85.3 Å². The molecule has 14 heavy (non-hydrogen) atoms. The maximum Gasteiger partial charge on any atom is 0.436 e. The van der Waals surface area contributed by atoms with Gasteiger partial charge in [-0.05, 0) is 0 Å². The quantitative estimate of drug-likeness (QED) is 0.758. The van der Waals surface area contributed by atoms with Crippen molar-refractivity contribution in [3.8, 4) is 0 Å². The number of alkyl halides is 3. The fraction of sp³-hybridized carbons (Fsp3) is 0.500. The molecule has 1 atom stereocenters. The van der Waals surface area contributed by atoms with E-state index in [1.54, 1.807) is 0 Å². The molecular weight excluding hydrogens is 241 g/mol. The van der Waals surface area contributed by atoms with Gasteiger partial charge in [0.15, 0.2) is 5.69 Å². The average molecular weight is 247 g/mol. The van der Waals surface area contributed by atoms with Crippen LogP contribution < -0.4 is 0 Å². The van der Waals surface area contributed by atoms with Gasteiger partial charge in [0.25, 0.3) is 0 Å². The fourth-order valence-electron chi connectivity index (χ4n) is 0.924. The first-order valence-electron chi connectivity index (χ1n) is 3.38. The molecule has 0 aliphatic heterocycles.